The second kappa shape index (κ2) is 3.18. The summed E-state index contributed by atoms with van der Waals surface area (Å²) in [5, 5.41) is 0. The highest BCUT2D eigenvalue weighted by atomic mass is 19.3. The fraction of sp³-hybridized carbons (Fsp3) is 0.300. The van der Waals surface area contributed by atoms with Gasteiger partial charge in [-0.1, -0.05) is 0 Å². The number of benzene rings is 1. The molecule has 0 N–H and O–H groups in total. The summed E-state index contributed by atoms with van der Waals surface area (Å²) in [5.74, 6) is -0.0832. The van der Waals surface area contributed by atoms with Crippen molar-refractivity contribution < 1.29 is 23.0 Å². The molecule has 0 atom stereocenters. The molecule has 0 bridgehead atoms. The van der Waals surface area contributed by atoms with E-state index in [1.165, 1.54) is 25.1 Å². The Labute approximate surface area is 84.6 Å². The Balaban J connectivity index is 2.39. The molecule has 0 saturated carbocycles. The van der Waals surface area contributed by atoms with Crippen LogP contribution in [0.15, 0.2) is 18.2 Å². The first-order chi connectivity index (χ1) is 6.98. The zero-order valence-electron chi connectivity index (χ0n) is 7.92. The highest BCUT2D eigenvalue weighted by molar-refractivity contribution is 5.94. The van der Waals surface area contributed by atoms with Crippen molar-refractivity contribution in [1.29, 1.82) is 0 Å². The maximum absolute atomic E-state index is 12.8. The number of rotatable bonds is 1. The van der Waals surface area contributed by atoms with E-state index in [-0.39, 0.29) is 17.3 Å². The quantitative estimate of drug-likeness (QED) is 0.672. The molecule has 0 spiro atoms. The maximum Gasteiger partial charge on any atom is 0.433 e. The minimum absolute atomic E-state index is 0.0982. The van der Waals surface area contributed by atoms with Crippen molar-refractivity contribution in [2.45, 2.75) is 13.0 Å². The van der Waals surface area contributed by atoms with Crippen LogP contribution in [0.3, 0.4) is 0 Å². The predicted molar refractivity (Wildman–Crippen MR) is 47.5 cm³/mol. The van der Waals surface area contributed by atoms with Crippen molar-refractivity contribution in [2.24, 2.45) is 0 Å². The molecule has 1 aromatic rings. The third-order valence-corrected chi connectivity index (χ3v) is 2.01. The van der Waals surface area contributed by atoms with Crippen LogP contribution in [0, 0.1) is 0 Å². The van der Waals surface area contributed by atoms with Crippen molar-refractivity contribution >= 4 is 5.78 Å². The first-order valence-electron chi connectivity index (χ1n) is 4.32. The molecule has 1 aliphatic rings. The highest BCUT2D eigenvalue weighted by Gasteiger charge is 2.38. The number of fused-ring (bicyclic) bond motifs is 1. The Bertz CT molecular complexity index is 415. The molecular weight excluding hydrogens is 206 g/mol. The van der Waals surface area contributed by atoms with Gasteiger partial charge in [-0.3, -0.25) is 4.79 Å². The number of hydrogen-bond donors (Lipinski definition) is 0. The van der Waals surface area contributed by atoms with Gasteiger partial charge in [-0.15, -0.1) is 0 Å². The molecule has 0 unspecified atom stereocenters. The van der Waals surface area contributed by atoms with Crippen LogP contribution < -0.4 is 9.47 Å². The van der Waals surface area contributed by atoms with E-state index in [0.717, 1.165) is 0 Å². The minimum Gasteiger partial charge on any atom is -0.479 e. The average molecular weight is 214 g/mol. The molecule has 0 aromatic heterocycles. The molecule has 5 heteroatoms. The van der Waals surface area contributed by atoms with Crippen LogP contribution in [0.1, 0.15) is 17.3 Å². The van der Waals surface area contributed by atoms with E-state index in [0.29, 0.717) is 5.56 Å². The largest absolute Gasteiger partial charge is 0.479 e. The standard InChI is InChI=1S/C10H8F2O3/c1-6(13)7-2-3-8-9(4-7)15-10(11,12)5-14-8/h2-4H,5H2,1H3. The van der Waals surface area contributed by atoms with Crippen LogP contribution >= 0.6 is 0 Å². The Kier molecular flexibility index (Phi) is 2.10. The molecule has 3 nitrogen and oxygen atoms in total. The molecule has 0 aliphatic carbocycles. The summed E-state index contributed by atoms with van der Waals surface area (Å²) >= 11 is 0. The van der Waals surface area contributed by atoms with E-state index in [1.54, 1.807) is 0 Å². The number of halogens is 2. The Hall–Kier alpha value is -1.65. The van der Waals surface area contributed by atoms with E-state index in [4.69, 9.17) is 4.74 Å². The zero-order valence-corrected chi connectivity index (χ0v) is 7.92. The number of hydrogen-bond acceptors (Lipinski definition) is 3. The molecule has 0 fully saturated rings. The number of carbonyl (C=O) groups is 1. The van der Waals surface area contributed by atoms with Crippen LogP contribution in [0.5, 0.6) is 11.5 Å². The van der Waals surface area contributed by atoms with Crippen molar-refractivity contribution in [3.63, 3.8) is 0 Å². The minimum atomic E-state index is -3.33. The second-order valence-corrected chi connectivity index (χ2v) is 3.25. The van der Waals surface area contributed by atoms with E-state index in [2.05, 4.69) is 4.74 Å². The van der Waals surface area contributed by atoms with Gasteiger partial charge in [0.05, 0.1) is 0 Å². The zero-order chi connectivity index (χ0) is 11.1. The van der Waals surface area contributed by atoms with Crippen LogP contribution in [-0.2, 0) is 0 Å². The van der Waals surface area contributed by atoms with Gasteiger partial charge in [0.2, 0.25) is 0 Å². The van der Waals surface area contributed by atoms with Crippen molar-refractivity contribution in [3.8, 4) is 11.5 Å². The van der Waals surface area contributed by atoms with Gasteiger partial charge in [-0.25, -0.2) is 0 Å². The molecular formula is C10H8F2O3. The molecule has 0 saturated heterocycles. The summed E-state index contributed by atoms with van der Waals surface area (Å²) in [6, 6.07) is 4.21. The first-order valence-corrected chi connectivity index (χ1v) is 4.32. The number of ketones is 1. The molecule has 1 aliphatic heterocycles. The predicted octanol–water partition coefficient (Wildman–Crippen LogP) is 2.25. The summed E-state index contributed by atoms with van der Waals surface area (Å²) in [6.07, 6.45) is -3.33. The van der Waals surface area contributed by atoms with E-state index < -0.39 is 12.7 Å². The van der Waals surface area contributed by atoms with Crippen LogP contribution in [-0.4, -0.2) is 18.5 Å². The summed E-state index contributed by atoms with van der Waals surface area (Å²) in [5.41, 5.74) is 0.315. The smallest absolute Gasteiger partial charge is 0.433 e. The molecule has 1 heterocycles. The van der Waals surface area contributed by atoms with Crippen molar-refractivity contribution in [1.82, 2.24) is 0 Å². The summed E-state index contributed by atoms with van der Waals surface area (Å²) < 4.78 is 34.8. The number of alkyl halides is 2. The normalized spacial score (nSPS) is 17.3. The topological polar surface area (TPSA) is 35.5 Å². The van der Waals surface area contributed by atoms with Gasteiger partial charge in [0.25, 0.3) is 0 Å². The average Bonchev–Trinajstić information content (AvgIpc) is 2.15. The lowest BCUT2D eigenvalue weighted by molar-refractivity contribution is -0.208. The van der Waals surface area contributed by atoms with Crippen molar-refractivity contribution in [3.05, 3.63) is 23.8 Å². The number of carbonyl (C=O) groups excluding carboxylic acids is 1. The van der Waals surface area contributed by atoms with Crippen LogP contribution in [0.2, 0.25) is 0 Å². The second-order valence-electron chi connectivity index (χ2n) is 3.25. The summed E-state index contributed by atoms with van der Waals surface area (Å²) in [6.45, 7) is 0.545. The first kappa shape index (κ1) is 9.89. The third kappa shape index (κ3) is 1.91. The molecule has 0 amide bonds. The molecule has 15 heavy (non-hydrogen) atoms. The van der Waals surface area contributed by atoms with Crippen molar-refractivity contribution in [2.75, 3.05) is 6.61 Å². The fourth-order valence-corrected chi connectivity index (χ4v) is 1.28. The van der Waals surface area contributed by atoms with E-state index >= 15 is 0 Å². The lowest BCUT2D eigenvalue weighted by Gasteiger charge is -2.25. The highest BCUT2D eigenvalue weighted by Crippen LogP contribution is 2.37. The van der Waals surface area contributed by atoms with Gasteiger partial charge in [-0.05, 0) is 25.1 Å². The summed E-state index contributed by atoms with van der Waals surface area (Å²) in [4.78, 5) is 11.0. The van der Waals surface area contributed by atoms with E-state index in [1.807, 2.05) is 0 Å². The molecule has 1 aromatic carbocycles. The third-order valence-electron chi connectivity index (χ3n) is 2.01. The molecule has 2 rings (SSSR count). The Morgan fingerprint density at radius 1 is 1.40 bits per heavy atom. The summed E-state index contributed by atoms with van der Waals surface area (Å²) in [7, 11) is 0. The molecule has 0 radical (unpaired) electrons. The lowest BCUT2D eigenvalue weighted by Crippen LogP contribution is -2.36. The van der Waals surface area contributed by atoms with Gasteiger partial charge >= 0.3 is 6.11 Å². The van der Waals surface area contributed by atoms with Gasteiger partial charge in [0.15, 0.2) is 23.9 Å². The Morgan fingerprint density at radius 2 is 2.13 bits per heavy atom. The number of ether oxygens (including phenoxy) is 2. The monoisotopic (exact) mass is 214 g/mol. The van der Waals surface area contributed by atoms with E-state index in [9.17, 15) is 13.6 Å². The van der Waals surface area contributed by atoms with Crippen LogP contribution in [0.4, 0.5) is 8.78 Å². The molecule has 80 valence electrons. The van der Waals surface area contributed by atoms with Gasteiger partial charge in [-0.2, -0.15) is 8.78 Å². The SMILES string of the molecule is CC(=O)c1ccc2c(c1)OC(F)(F)CO2. The van der Waals surface area contributed by atoms with Gasteiger partial charge in [0, 0.05) is 5.56 Å². The maximum atomic E-state index is 12.8. The fourth-order valence-electron chi connectivity index (χ4n) is 1.28. The van der Waals surface area contributed by atoms with Gasteiger partial charge < -0.3 is 9.47 Å². The number of Topliss-reactive ketones (excluding diaryl/α,β-unsaturated/α-hetero) is 1. The van der Waals surface area contributed by atoms with Crippen LogP contribution in [0.25, 0.3) is 0 Å². The van der Waals surface area contributed by atoms with Gasteiger partial charge in [0.1, 0.15) is 0 Å². The lowest BCUT2D eigenvalue weighted by atomic mass is 10.1. The Morgan fingerprint density at radius 3 is 2.80 bits per heavy atom.